The summed E-state index contributed by atoms with van der Waals surface area (Å²) in [6.45, 7) is 9.24. The largest absolute Gasteiger partial charge is 0.465 e. The first-order valence-electron chi connectivity index (χ1n) is 9.11. The van der Waals surface area contributed by atoms with Crippen molar-refractivity contribution >= 4 is 23.5 Å². The molecule has 7 nitrogen and oxygen atoms in total. The summed E-state index contributed by atoms with van der Waals surface area (Å²) in [5, 5.41) is 8.00. The van der Waals surface area contributed by atoms with Crippen LogP contribution in [0, 0.1) is 27.7 Å². The molecule has 8 heteroatoms. The average Bonchev–Trinajstić information content (AvgIpc) is 3.24. The molecule has 0 saturated heterocycles. The Bertz CT molecular complexity index is 1060. The molecule has 0 spiro atoms. The zero-order chi connectivity index (χ0) is 21.3. The molecule has 1 aromatic carbocycles. The van der Waals surface area contributed by atoms with E-state index in [4.69, 9.17) is 9.15 Å². The number of ketones is 1. The van der Waals surface area contributed by atoms with Crippen LogP contribution in [-0.2, 0) is 4.74 Å². The lowest BCUT2D eigenvalue weighted by atomic mass is 10.1. The normalized spacial score (nSPS) is 12.1. The lowest BCUT2D eigenvalue weighted by Gasteiger charge is -2.07. The van der Waals surface area contributed by atoms with Crippen LogP contribution >= 0.6 is 11.8 Å². The number of aryl methyl sites for hydroxylation is 3. The van der Waals surface area contributed by atoms with Crippen molar-refractivity contribution in [2.24, 2.45) is 0 Å². The Labute approximate surface area is 173 Å². The minimum Gasteiger partial charge on any atom is -0.465 e. The third-order valence-electron chi connectivity index (χ3n) is 4.60. The standard InChI is InChI=1S/C21H23N3O4S/c1-10-7-11(2)9-15(8-10)19-23-24-21(28-19)29-14(5)18(25)17-12(3)16(13(4)22-17)20(26)27-6/h7-9,14,22H,1-6H3. The lowest BCUT2D eigenvalue weighted by Crippen LogP contribution is -2.15. The van der Waals surface area contributed by atoms with Crippen LogP contribution in [0.3, 0.4) is 0 Å². The number of hydrogen-bond donors (Lipinski definition) is 1. The fourth-order valence-electron chi connectivity index (χ4n) is 3.28. The highest BCUT2D eigenvalue weighted by Crippen LogP contribution is 2.30. The van der Waals surface area contributed by atoms with Crippen molar-refractivity contribution < 1.29 is 18.7 Å². The summed E-state index contributed by atoms with van der Waals surface area (Å²) in [6.07, 6.45) is 0. The second-order valence-corrected chi connectivity index (χ2v) is 8.28. The van der Waals surface area contributed by atoms with E-state index in [0.717, 1.165) is 16.7 Å². The van der Waals surface area contributed by atoms with Gasteiger partial charge in [-0.05, 0) is 52.3 Å². The van der Waals surface area contributed by atoms with E-state index in [0.29, 0.717) is 33.6 Å². The summed E-state index contributed by atoms with van der Waals surface area (Å²) >= 11 is 1.18. The molecule has 0 radical (unpaired) electrons. The second kappa shape index (κ2) is 8.24. The Balaban J connectivity index is 1.79. The zero-order valence-corrected chi connectivity index (χ0v) is 18.1. The number of thioether (sulfide) groups is 1. The molecule has 2 aromatic heterocycles. The molecule has 29 heavy (non-hydrogen) atoms. The van der Waals surface area contributed by atoms with Crippen LogP contribution in [0.4, 0.5) is 0 Å². The van der Waals surface area contributed by atoms with Gasteiger partial charge in [0.05, 0.1) is 23.6 Å². The third kappa shape index (κ3) is 4.27. The fourth-order valence-corrected chi connectivity index (χ4v) is 4.03. The number of aromatic amines is 1. The lowest BCUT2D eigenvalue weighted by molar-refractivity contribution is 0.0599. The van der Waals surface area contributed by atoms with Gasteiger partial charge in [0.15, 0.2) is 5.78 Å². The van der Waals surface area contributed by atoms with Crippen molar-refractivity contribution in [1.29, 1.82) is 0 Å². The Morgan fingerprint density at radius 2 is 1.76 bits per heavy atom. The molecular weight excluding hydrogens is 390 g/mol. The first-order chi connectivity index (χ1) is 13.7. The van der Waals surface area contributed by atoms with Crippen molar-refractivity contribution in [2.75, 3.05) is 7.11 Å². The minimum absolute atomic E-state index is 0.156. The predicted octanol–water partition coefficient (Wildman–Crippen LogP) is 4.45. The Morgan fingerprint density at radius 1 is 1.10 bits per heavy atom. The van der Waals surface area contributed by atoms with E-state index in [9.17, 15) is 9.59 Å². The van der Waals surface area contributed by atoms with E-state index in [1.807, 2.05) is 26.0 Å². The highest BCUT2D eigenvalue weighted by atomic mass is 32.2. The zero-order valence-electron chi connectivity index (χ0n) is 17.2. The number of Topliss-reactive ketones (excluding diaryl/α,β-unsaturated/α-hetero) is 1. The van der Waals surface area contributed by atoms with Gasteiger partial charge in [-0.25, -0.2) is 4.79 Å². The molecule has 0 saturated carbocycles. The first-order valence-corrected chi connectivity index (χ1v) is 9.99. The van der Waals surface area contributed by atoms with Crippen LogP contribution in [0.15, 0.2) is 27.8 Å². The number of benzene rings is 1. The molecule has 0 fully saturated rings. The van der Waals surface area contributed by atoms with Crippen LogP contribution in [0.5, 0.6) is 0 Å². The van der Waals surface area contributed by atoms with Crippen molar-refractivity contribution in [1.82, 2.24) is 15.2 Å². The summed E-state index contributed by atoms with van der Waals surface area (Å²) in [6, 6.07) is 6.02. The van der Waals surface area contributed by atoms with Crippen LogP contribution in [0.1, 0.15) is 50.2 Å². The summed E-state index contributed by atoms with van der Waals surface area (Å²) < 4.78 is 10.6. The average molecular weight is 413 g/mol. The van der Waals surface area contributed by atoms with Crippen LogP contribution in [-0.4, -0.2) is 39.3 Å². The Kier molecular flexibility index (Phi) is 5.93. The SMILES string of the molecule is COC(=O)c1c(C)[nH]c(C(=O)C(C)Sc2nnc(-c3cc(C)cc(C)c3)o2)c1C. The van der Waals surface area contributed by atoms with E-state index in [2.05, 4.69) is 21.2 Å². The second-order valence-electron chi connectivity index (χ2n) is 6.99. The maximum atomic E-state index is 12.9. The minimum atomic E-state index is -0.482. The number of carbonyl (C=O) groups is 2. The van der Waals surface area contributed by atoms with E-state index in [-0.39, 0.29) is 5.78 Å². The van der Waals surface area contributed by atoms with E-state index in [1.165, 1.54) is 18.9 Å². The number of ether oxygens (including phenoxy) is 1. The highest BCUT2D eigenvalue weighted by molar-refractivity contribution is 8.00. The van der Waals surface area contributed by atoms with Crippen molar-refractivity contribution in [3.63, 3.8) is 0 Å². The number of aromatic nitrogens is 3. The van der Waals surface area contributed by atoms with E-state index >= 15 is 0 Å². The predicted molar refractivity (Wildman–Crippen MR) is 110 cm³/mol. The van der Waals surface area contributed by atoms with Gasteiger partial charge in [-0.2, -0.15) is 0 Å². The Morgan fingerprint density at radius 3 is 2.38 bits per heavy atom. The van der Waals surface area contributed by atoms with Crippen LogP contribution < -0.4 is 0 Å². The number of esters is 1. The Hall–Kier alpha value is -2.87. The smallest absolute Gasteiger partial charge is 0.339 e. The van der Waals surface area contributed by atoms with Crippen LogP contribution in [0.25, 0.3) is 11.5 Å². The fraction of sp³-hybridized carbons (Fsp3) is 0.333. The number of carbonyl (C=O) groups excluding carboxylic acids is 2. The molecule has 0 aliphatic heterocycles. The summed E-state index contributed by atoms with van der Waals surface area (Å²) in [4.78, 5) is 27.9. The summed E-state index contributed by atoms with van der Waals surface area (Å²) in [5.74, 6) is -0.207. The van der Waals surface area contributed by atoms with Gasteiger partial charge in [0.1, 0.15) is 0 Å². The number of H-pyrrole nitrogens is 1. The maximum absolute atomic E-state index is 12.9. The maximum Gasteiger partial charge on any atom is 0.339 e. The molecular formula is C21H23N3O4S. The molecule has 0 aliphatic carbocycles. The van der Waals surface area contributed by atoms with Crippen molar-refractivity contribution in [3.05, 3.63) is 51.8 Å². The molecule has 1 N–H and O–H groups in total. The number of nitrogens with one attached hydrogen (secondary N) is 1. The summed E-state index contributed by atoms with van der Waals surface area (Å²) in [5.41, 5.74) is 5.02. The molecule has 3 rings (SSSR count). The highest BCUT2D eigenvalue weighted by Gasteiger charge is 2.27. The topological polar surface area (TPSA) is 98.1 Å². The molecule has 1 atom stereocenters. The van der Waals surface area contributed by atoms with Gasteiger partial charge >= 0.3 is 5.97 Å². The van der Waals surface area contributed by atoms with Crippen molar-refractivity contribution in [2.45, 2.75) is 45.1 Å². The number of hydrogen-bond acceptors (Lipinski definition) is 7. The van der Waals surface area contributed by atoms with Crippen LogP contribution in [0.2, 0.25) is 0 Å². The molecule has 0 aliphatic rings. The monoisotopic (exact) mass is 413 g/mol. The van der Waals surface area contributed by atoms with Gasteiger partial charge in [0.25, 0.3) is 5.22 Å². The van der Waals surface area contributed by atoms with E-state index < -0.39 is 11.2 Å². The number of methoxy groups -OCH3 is 1. The molecule has 0 bridgehead atoms. The van der Waals surface area contributed by atoms with E-state index in [1.54, 1.807) is 20.8 Å². The first kappa shape index (κ1) is 20.9. The van der Waals surface area contributed by atoms with Gasteiger partial charge in [-0.3, -0.25) is 4.79 Å². The third-order valence-corrected chi connectivity index (χ3v) is 5.53. The van der Waals surface area contributed by atoms with Crippen molar-refractivity contribution in [3.8, 4) is 11.5 Å². The number of rotatable bonds is 6. The molecule has 2 heterocycles. The van der Waals surface area contributed by atoms with Gasteiger partial charge in [-0.1, -0.05) is 29.0 Å². The number of nitrogens with zero attached hydrogens (tertiary/aromatic N) is 2. The molecule has 152 valence electrons. The van der Waals surface area contributed by atoms with Gasteiger partial charge in [0.2, 0.25) is 5.89 Å². The molecule has 1 unspecified atom stereocenters. The van der Waals surface area contributed by atoms with Gasteiger partial charge in [-0.15, -0.1) is 10.2 Å². The van der Waals surface area contributed by atoms with Gasteiger partial charge in [0, 0.05) is 11.3 Å². The molecule has 3 aromatic rings. The molecule has 0 amide bonds. The summed E-state index contributed by atoms with van der Waals surface area (Å²) in [7, 11) is 1.32. The van der Waals surface area contributed by atoms with Gasteiger partial charge < -0.3 is 14.1 Å². The quantitative estimate of drug-likeness (QED) is 0.362.